The molecule has 1 N–H and O–H groups in total. The van der Waals surface area contributed by atoms with Crippen molar-refractivity contribution < 1.29 is 14.3 Å². The molecular weight excluding hydrogens is 372 g/mol. The summed E-state index contributed by atoms with van der Waals surface area (Å²) in [5, 5.41) is 3.78. The molecule has 0 fully saturated rings. The number of benzene rings is 1. The van der Waals surface area contributed by atoms with Gasteiger partial charge in [0.2, 0.25) is 0 Å². The van der Waals surface area contributed by atoms with E-state index in [9.17, 15) is 9.59 Å². The third-order valence-corrected chi connectivity index (χ3v) is 4.19. The van der Waals surface area contributed by atoms with Gasteiger partial charge < -0.3 is 10.1 Å². The zero-order chi connectivity index (χ0) is 16.3. The van der Waals surface area contributed by atoms with E-state index in [1.165, 1.54) is 4.90 Å². The molecule has 1 aliphatic heterocycles. The third kappa shape index (κ3) is 3.28. The number of amides is 2. The first-order valence-corrected chi connectivity index (χ1v) is 8.25. The molecule has 0 aromatic heterocycles. The van der Waals surface area contributed by atoms with Gasteiger partial charge in [0.05, 0.1) is 18.2 Å². The maximum absolute atomic E-state index is 12.4. The molecule has 1 aromatic rings. The molecule has 5 nitrogen and oxygen atoms in total. The molecule has 0 radical (unpaired) electrons. The van der Waals surface area contributed by atoms with Crippen molar-refractivity contribution in [3.63, 3.8) is 0 Å². The van der Waals surface area contributed by atoms with Crippen LogP contribution in [0.1, 0.15) is 18.5 Å². The summed E-state index contributed by atoms with van der Waals surface area (Å²) in [4.78, 5) is 25.9. The number of esters is 1. The minimum Gasteiger partial charge on any atom is -0.463 e. The highest BCUT2D eigenvalue weighted by atomic mass is 79.9. The number of ether oxygens (including phenoxy) is 1. The molecule has 0 aliphatic carbocycles. The first-order chi connectivity index (χ1) is 10.5. The van der Waals surface area contributed by atoms with Crippen molar-refractivity contribution >= 4 is 39.5 Å². The number of urea groups is 1. The van der Waals surface area contributed by atoms with Gasteiger partial charge in [0.25, 0.3) is 0 Å². The number of nitrogens with one attached hydrogen (secondary N) is 1. The zero-order valence-corrected chi connectivity index (χ0v) is 14.6. The highest BCUT2D eigenvalue weighted by Gasteiger charge is 2.36. The summed E-state index contributed by atoms with van der Waals surface area (Å²) in [6.45, 7) is 2.01. The molecule has 118 valence electrons. The first kappa shape index (κ1) is 16.8. The molecule has 2 rings (SSSR count). The summed E-state index contributed by atoms with van der Waals surface area (Å²) in [5.41, 5.74) is 1.78. The van der Waals surface area contributed by atoms with Crippen LogP contribution in [0.5, 0.6) is 0 Å². The highest BCUT2D eigenvalue weighted by molar-refractivity contribution is 9.09. The van der Waals surface area contributed by atoms with Crippen LogP contribution in [-0.4, -0.2) is 35.9 Å². The van der Waals surface area contributed by atoms with Gasteiger partial charge >= 0.3 is 12.0 Å². The van der Waals surface area contributed by atoms with Crippen molar-refractivity contribution in [2.45, 2.75) is 13.0 Å². The van der Waals surface area contributed by atoms with Gasteiger partial charge in [0.1, 0.15) is 0 Å². The fraction of sp³-hybridized carbons (Fsp3) is 0.333. The molecule has 0 spiro atoms. The Morgan fingerprint density at radius 2 is 2.05 bits per heavy atom. The van der Waals surface area contributed by atoms with Crippen LogP contribution in [0.15, 0.2) is 35.5 Å². The lowest BCUT2D eigenvalue weighted by molar-refractivity contribution is -0.139. The Balaban J connectivity index is 2.53. The molecule has 1 aromatic carbocycles. The van der Waals surface area contributed by atoms with E-state index in [4.69, 9.17) is 16.3 Å². The van der Waals surface area contributed by atoms with Gasteiger partial charge in [0, 0.05) is 23.1 Å². The predicted octanol–water partition coefficient (Wildman–Crippen LogP) is 3.25. The highest BCUT2D eigenvalue weighted by Crippen LogP contribution is 2.32. The Morgan fingerprint density at radius 3 is 2.59 bits per heavy atom. The summed E-state index contributed by atoms with van der Waals surface area (Å²) in [6.07, 6.45) is 0. The molecule has 1 heterocycles. The van der Waals surface area contributed by atoms with Crippen LogP contribution >= 0.6 is 27.5 Å². The van der Waals surface area contributed by atoms with Crippen molar-refractivity contribution in [2.24, 2.45) is 0 Å². The van der Waals surface area contributed by atoms with Crippen molar-refractivity contribution in [1.82, 2.24) is 10.2 Å². The fourth-order valence-corrected chi connectivity index (χ4v) is 3.08. The smallest absolute Gasteiger partial charge is 0.338 e. The number of nitrogens with zero attached hydrogens (tertiary/aromatic N) is 1. The Labute approximate surface area is 142 Å². The molecule has 1 atom stereocenters. The monoisotopic (exact) mass is 386 g/mol. The zero-order valence-electron chi connectivity index (χ0n) is 12.2. The maximum atomic E-state index is 12.4. The molecule has 1 aliphatic rings. The van der Waals surface area contributed by atoms with Crippen LogP contribution in [0.25, 0.3) is 0 Å². The van der Waals surface area contributed by atoms with Crippen LogP contribution in [0.2, 0.25) is 5.02 Å². The summed E-state index contributed by atoms with van der Waals surface area (Å²) in [7, 11) is 1.61. The van der Waals surface area contributed by atoms with E-state index in [-0.39, 0.29) is 12.6 Å². The van der Waals surface area contributed by atoms with Crippen molar-refractivity contribution in [1.29, 1.82) is 0 Å². The van der Waals surface area contributed by atoms with E-state index >= 15 is 0 Å². The summed E-state index contributed by atoms with van der Waals surface area (Å²) in [6, 6.07) is 6.17. The molecule has 0 bridgehead atoms. The lowest BCUT2D eigenvalue weighted by atomic mass is 9.95. The maximum Gasteiger partial charge on any atom is 0.338 e. The number of carbonyl (C=O) groups excluding carboxylic acids is 2. The van der Waals surface area contributed by atoms with Gasteiger partial charge in [-0.25, -0.2) is 9.59 Å². The minimum absolute atomic E-state index is 0.267. The second-order valence-electron chi connectivity index (χ2n) is 4.71. The van der Waals surface area contributed by atoms with E-state index in [0.717, 1.165) is 5.56 Å². The largest absolute Gasteiger partial charge is 0.463 e. The molecule has 0 saturated carbocycles. The average molecular weight is 388 g/mol. The van der Waals surface area contributed by atoms with E-state index in [0.29, 0.717) is 21.6 Å². The van der Waals surface area contributed by atoms with Gasteiger partial charge in [-0.3, -0.25) is 4.90 Å². The summed E-state index contributed by atoms with van der Waals surface area (Å²) >= 11 is 9.24. The Kier molecular flexibility index (Phi) is 5.47. The Hall–Kier alpha value is -1.53. The van der Waals surface area contributed by atoms with Crippen LogP contribution < -0.4 is 5.32 Å². The number of carbonyl (C=O) groups is 2. The van der Waals surface area contributed by atoms with Crippen molar-refractivity contribution in [2.75, 3.05) is 19.0 Å². The molecule has 7 heteroatoms. The fourth-order valence-electron chi connectivity index (χ4n) is 2.27. The number of hydrogen-bond acceptors (Lipinski definition) is 3. The SMILES string of the molecule is CCOC(=O)C1=C(CBr)N(C)C(=O)NC1c1ccc(Cl)cc1. The van der Waals surface area contributed by atoms with Crippen LogP contribution in [0, 0.1) is 0 Å². The van der Waals surface area contributed by atoms with Crippen LogP contribution in [0.4, 0.5) is 4.79 Å². The number of allylic oxidation sites excluding steroid dienone is 1. The van der Waals surface area contributed by atoms with Gasteiger partial charge in [-0.2, -0.15) is 0 Å². The minimum atomic E-state index is -0.562. The predicted molar refractivity (Wildman–Crippen MR) is 87.9 cm³/mol. The summed E-state index contributed by atoms with van der Waals surface area (Å²) in [5.74, 6) is -0.441. The Morgan fingerprint density at radius 1 is 1.41 bits per heavy atom. The van der Waals surface area contributed by atoms with Gasteiger partial charge in [-0.1, -0.05) is 39.7 Å². The lowest BCUT2D eigenvalue weighted by Crippen LogP contribution is -2.47. The first-order valence-electron chi connectivity index (χ1n) is 6.75. The number of halogens is 2. The molecule has 22 heavy (non-hydrogen) atoms. The molecular formula is C15H16BrClN2O3. The van der Waals surface area contributed by atoms with Gasteiger partial charge in [-0.15, -0.1) is 0 Å². The standard InChI is InChI=1S/C15H16BrClN2O3/c1-3-22-14(20)12-11(8-16)19(2)15(21)18-13(12)9-4-6-10(17)7-5-9/h4-7,13H,3,8H2,1-2H3,(H,18,21). The molecule has 1 unspecified atom stereocenters. The van der Waals surface area contributed by atoms with E-state index < -0.39 is 12.0 Å². The van der Waals surface area contributed by atoms with Crippen molar-refractivity contribution in [3.05, 3.63) is 46.1 Å². The summed E-state index contributed by atoms with van der Waals surface area (Å²) < 4.78 is 5.15. The van der Waals surface area contributed by atoms with E-state index in [1.54, 1.807) is 38.2 Å². The van der Waals surface area contributed by atoms with Crippen LogP contribution in [-0.2, 0) is 9.53 Å². The number of rotatable bonds is 4. The van der Waals surface area contributed by atoms with Gasteiger partial charge in [-0.05, 0) is 24.6 Å². The second kappa shape index (κ2) is 7.15. The van der Waals surface area contributed by atoms with Crippen molar-refractivity contribution in [3.8, 4) is 0 Å². The van der Waals surface area contributed by atoms with E-state index in [1.807, 2.05) is 0 Å². The number of hydrogen-bond donors (Lipinski definition) is 1. The van der Waals surface area contributed by atoms with Gasteiger partial charge in [0.15, 0.2) is 0 Å². The lowest BCUT2D eigenvalue weighted by Gasteiger charge is -2.34. The third-order valence-electron chi connectivity index (χ3n) is 3.40. The quantitative estimate of drug-likeness (QED) is 0.637. The molecule has 0 saturated heterocycles. The van der Waals surface area contributed by atoms with Crippen LogP contribution in [0.3, 0.4) is 0 Å². The average Bonchev–Trinajstić information content (AvgIpc) is 2.50. The second-order valence-corrected chi connectivity index (χ2v) is 5.70. The Bertz CT molecular complexity index is 616. The topological polar surface area (TPSA) is 58.6 Å². The number of alkyl halides is 1. The normalized spacial score (nSPS) is 18.3. The molecule has 2 amide bonds. The van der Waals surface area contributed by atoms with E-state index in [2.05, 4.69) is 21.2 Å².